The lowest BCUT2D eigenvalue weighted by atomic mass is 10.1. The van der Waals surface area contributed by atoms with Crippen molar-refractivity contribution in [2.75, 3.05) is 6.16 Å². The van der Waals surface area contributed by atoms with E-state index in [0.29, 0.717) is 12.6 Å². The number of carbonyl (C=O) groups is 1. The minimum absolute atomic E-state index is 0.237. The zero-order valence-corrected chi connectivity index (χ0v) is 7.92. The largest absolute Gasteiger partial charge is 0.454 e. The van der Waals surface area contributed by atoms with Gasteiger partial charge in [-0.05, 0) is 11.6 Å². The third kappa shape index (κ3) is 5.16. The van der Waals surface area contributed by atoms with Gasteiger partial charge in [0.15, 0.2) is 6.16 Å². The van der Waals surface area contributed by atoms with Crippen molar-refractivity contribution in [2.45, 2.75) is 13.3 Å². The molecular formula is C5H8Cl2O2P+. The van der Waals surface area contributed by atoms with Crippen LogP contribution in [0.5, 0.6) is 0 Å². The fourth-order valence-corrected chi connectivity index (χ4v) is 1.40. The van der Waals surface area contributed by atoms with Gasteiger partial charge in [-0.25, -0.2) is 0 Å². The van der Waals surface area contributed by atoms with Crippen LogP contribution in [0.1, 0.15) is 13.3 Å². The van der Waals surface area contributed by atoms with E-state index >= 15 is 0 Å². The van der Waals surface area contributed by atoms with Crippen molar-refractivity contribution in [2.24, 2.45) is 5.92 Å². The third-order valence-electron chi connectivity index (χ3n) is 1.13. The molecule has 2 nitrogen and oxygen atoms in total. The summed E-state index contributed by atoms with van der Waals surface area (Å²) >= 11 is 10.3. The molecule has 0 spiro atoms. The van der Waals surface area contributed by atoms with Crippen LogP contribution in [-0.4, -0.2) is 11.4 Å². The van der Waals surface area contributed by atoms with Crippen LogP contribution in [0.4, 0.5) is 0 Å². The second kappa shape index (κ2) is 5.06. The summed E-state index contributed by atoms with van der Waals surface area (Å²) in [5.74, 6) is -0.237. The van der Waals surface area contributed by atoms with Crippen molar-refractivity contribution in [3.63, 3.8) is 0 Å². The Morgan fingerprint density at radius 2 is 2.20 bits per heavy atom. The van der Waals surface area contributed by atoms with E-state index in [1.807, 2.05) is 0 Å². The van der Waals surface area contributed by atoms with Gasteiger partial charge in [-0.1, -0.05) is 11.5 Å². The molecule has 10 heavy (non-hydrogen) atoms. The standard InChI is InChI=1S/C5H8Cl2O2P/c1-4(5(6)8)2-3-10(7)9/h4H,2-3H2,1H3/q+1. The van der Waals surface area contributed by atoms with E-state index in [9.17, 15) is 9.36 Å². The Hall–Kier alpha value is 0.350. The molecule has 58 valence electrons. The Morgan fingerprint density at radius 3 is 2.50 bits per heavy atom. The Kier molecular flexibility index (Phi) is 5.24. The van der Waals surface area contributed by atoms with Crippen molar-refractivity contribution < 1.29 is 9.36 Å². The van der Waals surface area contributed by atoms with Crippen molar-refractivity contribution >= 4 is 35.2 Å². The molecule has 0 fully saturated rings. The molecule has 5 heteroatoms. The molecule has 0 rings (SSSR count). The number of carbonyl (C=O) groups excluding carboxylic acids is 1. The topological polar surface area (TPSA) is 34.1 Å². The maximum atomic E-state index is 10.4. The first-order chi connectivity index (χ1) is 4.54. The van der Waals surface area contributed by atoms with Gasteiger partial charge in [-0.3, -0.25) is 4.79 Å². The summed E-state index contributed by atoms with van der Waals surface area (Å²) in [6.07, 6.45) is 0.859. The summed E-state index contributed by atoms with van der Waals surface area (Å²) in [7, 11) is -1.65. The quantitative estimate of drug-likeness (QED) is 0.518. The molecule has 2 atom stereocenters. The highest BCUT2D eigenvalue weighted by Crippen LogP contribution is 2.28. The maximum Gasteiger partial charge on any atom is 0.454 e. The molecule has 0 saturated carbocycles. The number of hydrogen-bond donors (Lipinski definition) is 0. The smallest absolute Gasteiger partial charge is 0.281 e. The summed E-state index contributed by atoms with van der Waals surface area (Å²) in [4.78, 5) is 10.4. The molecular weight excluding hydrogens is 194 g/mol. The predicted molar refractivity (Wildman–Crippen MR) is 43.0 cm³/mol. The SMILES string of the molecule is CC(CC[P+](=O)Cl)C(=O)Cl. The Bertz CT molecular complexity index is 149. The van der Waals surface area contributed by atoms with Crippen LogP contribution in [0.2, 0.25) is 0 Å². The number of halogens is 2. The zero-order valence-electron chi connectivity index (χ0n) is 5.51. The fraction of sp³-hybridized carbons (Fsp3) is 0.800. The first-order valence-electron chi connectivity index (χ1n) is 2.84. The molecule has 2 unspecified atom stereocenters. The molecule has 0 saturated heterocycles. The van der Waals surface area contributed by atoms with Gasteiger partial charge < -0.3 is 0 Å². The second-order valence-electron chi connectivity index (χ2n) is 2.04. The van der Waals surface area contributed by atoms with Crippen LogP contribution in [0, 0.1) is 5.92 Å². The normalized spacial score (nSPS) is 14.5. The Labute approximate surface area is 70.5 Å². The summed E-state index contributed by atoms with van der Waals surface area (Å²) in [5.41, 5.74) is 0. The molecule has 0 heterocycles. The van der Waals surface area contributed by atoms with E-state index in [1.165, 1.54) is 0 Å². The monoisotopic (exact) mass is 201 g/mol. The van der Waals surface area contributed by atoms with E-state index in [2.05, 4.69) is 0 Å². The lowest BCUT2D eigenvalue weighted by Crippen LogP contribution is -2.03. The fourth-order valence-electron chi connectivity index (χ4n) is 0.409. The average Bonchev–Trinajstić information content (AvgIpc) is 1.82. The van der Waals surface area contributed by atoms with Crippen LogP contribution >= 0.6 is 30.0 Å². The van der Waals surface area contributed by atoms with Crippen LogP contribution in [-0.2, 0) is 9.36 Å². The van der Waals surface area contributed by atoms with Gasteiger partial charge in [0.2, 0.25) is 16.5 Å². The van der Waals surface area contributed by atoms with Gasteiger partial charge >= 0.3 is 7.15 Å². The molecule has 0 aliphatic heterocycles. The first-order valence-corrected chi connectivity index (χ1v) is 5.56. The molecule has 0 amide bonds. The van der Waals surface area contributed by atoms with Gasteiger partial charge in [-0.2, -0.15) is 0 Å². The predicted octanol–water partition coefficient (Wildman–Crippen LogP) is 2.76. The molecule has 0 aliphatic rings. The summed E-state index contributed by atoms with van der Waals surface area (Å²) in [5, 5.41) is -0.395. The zero-order chi connectivity index (χ0) is 8.15. The Morgan fingerprint density at radius 1 is 1.70 bits per heavy atom. The Balaban J connectivity index is 3.49. The molecule has 0 aliphatic carbocycles. The highest BCUT2D eigenvalue weighted by Gasteiger charge is 2.17. The highest BCUT2D eigenvalue weighted by molar-refractivity contribution is 7.73. The van der Waals surface area contributed by atoms with E-state index in [-0.39, 0.29) is 5.92 Å². The highest BCUT2D eigenvalue weighted by atomic mass is 35.7. The van der Waals surface area contributed by atoms with Gasteiger partial charge in [0.05, 0.1) is 0 Å². The molecule has 0 aromatic heterocycles. The van der Waals surface area contributed by atoms with E-state index in [4.69, 9.17) is 22.8 Å². The van der Waals surface area contributed by atoms with Crippen LogP contribution in [0.3, 0.4) is 0 Å². The third-order valence-corrected chi connectivity index (χ3v) is 2.61. The lowest BCUT2D eigenvalue weighted by molar-refractivity contribution is -0.114. The summed E-state index contributed by atoms with van der Waals surface area (Å²) in [6.45, 7) is 1.69. The second-order valence-corrected chi connectivity index (χ2v) is 4.62. The van der Waals surface area contributed by atoms with Crippen molar-refractivity contribution in [1.82, 2.24) is 0 Å². The summed E-state index contributed by atoms with van der Waals surface area (Å²) in [6, 6.07) is 0. The van der Waals surface area contributed by atoms with Crippen molar-refractivity contribution in [3.05, 3.63) is 0 Å². The van der Waals surface area contributed by atoms with Gasteiger partial charge in [0, 0.05) is 12.3 Å². The van der Waals surface area contributed by atoms with E-state index in [0.717, 1.165) is 0 Å². The van der Waals surface area contributed by atoms with Crippen molar-refractivity contribution in [3.8, 4) is 0 Å². The molecule has 0 aromatic rings. The summed E-state index contributed by atoms with van der Waals surface area (Å²) < 4.78 is 10.3. The van der Waals surface area contributed by atoms with Crippen LogP contribution in [0.25, 0.3) is 0 Å². The van der Waals surface area contributed by atoms with Crippen LogP contribution < -0.4 is 0 Å². The first kappa shape index (κ1) is 10.3. The molecule has 0 aromatic carbocycles. The molecule has 0 radical (unpaired) electrons. The minimum atomic E-state index is -1.65. The maximum absolute atomic E-state index is 10.4. The number of rotatable bonds is 4. The molecule has 0 bridgehead atoms. The number of hydrogen-bond acceptors (Lipinski definition) is 2. The van der Waals surface area contributed by atoms with Crippen molar-refractivity contribution in [1.29, 1.82) is 0 Å². The lowest BCUT2D eigenvalue weighted by Gasteiger charge is -1.97. The minimum Gasteiger partial charge on any atom is -0.281 e. The van der Waals surface area contributed by atoms with Gasteiger partial charge in [0.1, 0.15) is 0 Å². The van der Waals surface area contributed by atoms with E-state index in [1.54, 1.807) is 6.92 Å². The van der Waals surface area contributed by atoms with Gasteiger partial charge in [-0.15, -0.1) is 0 Å². The van der Waals surface area contributed by atoms with Gasteiger partial charge in [0.25, 0.3) is 0 Å². The molecule has 0 N–H and O–H groups in total. The van der Waals surface area contributed by atoms with Crippen LogP contribution in [0.15, 0.2) is 0 Å². The van der Waals surface area contributed by atoms with E-state index < -0.39 is 12.4 Å². The average molecular weight is 202 g/mol.